The second kappa shape index (κ2) is 10.7. The lowest BCUT2D eigenvalue weighted by Crippen LogP contribution is -2.44. The molecule has 1 aliphatic heterocycles. The van der Waals surface area contributed by atoms with Gasteiger partial charge in [-0.3, -0.25) is 14.2 Å². The van der Waals surface area contributed by atoms with Crippen LogP contribution in [0.15, 0.2) is 72.2 Å². The molecule has 0 unspecified atom stereocenters. The number of anilines is 4. The summed E-state index contributed by atoms with van der Waals surface area (Å²) in [7, 11) is 2.06. The molecule has 11 heteroatoms. The van der Waals surface area contributed by atoms with Crippen LogP contribution >= 0.6 is 0 Å². The van der Waals surface area contributed by atoms with Gasteiger partial charge in [0, 0.05) is 49.8 Å². The summed E-state index contributed by atoms with van der Waals surface area (Å²) in [6, 6.07) is 14.9. The minimum absolute atomic E-state index is 0.0343. The third kappa shape index (κ3) is 5.32. The molecule has 1 amide bonds. The first kappa shape index (κ1) is 25.6. The second-order valence-electron chi connectivity index (χ2n) is 9.10. The van der Waals surface area contributed by atoms with Crippen molar-refractivity contribution in [3.63, 3.8) is 0 Å². The van der Waals surface area contributed by atoms with Gasteiger partial charge in [-0.25, -0.2) is 9.37 Å². The normalized spacial score (nSPS) is 13.6. The summed E-state index contributed by atoms with van der Waals surface area (Å²) in [5.41, 5.74) is 1.66. The van der Waals surface area contributed by atoms with E-state index in [0.29, 0.717) is 11.4 Å². The first-order valence-corrected chi connectivity index (χ1v) is 12.2. The molecular formula is C28H25FN8O2. The predicted molar refractivity (Wildman–Crippen MR) is 148 cm³/mol. The molecule has 0 aliphatic carbocycles. The van der Waals surface area contributed by atoms with Crippen LogP contribution in [0.5, 0.6) is 0 Å². The highest BCUT2D eigenvalue weighted by Crippen LogP contribution is 2.26. The molecule has 10 nitrogen and oxygen atoms in total. The number of carbonyl (C=O) groups excluding carboxylic acids is 1. The van der Waals surface area contributed by atoms with Crippen molar-refractivity contribution in [1.29, 1.82) is 5.26 Å². The Morgan fingerprint density at radius 1 is 1.13 bits per heavy atom. The summed E-state index contributed by atoms with van der Waals surface area (Å²) in [6.45, 7) is 6.88. The largest absolute Gasteiger partial charge is 0.369 e. The fraction of sp³-hybridized carbons (Fsp3) is 0.179. The van der Waals surface area contributed by atoms with Gasteiger partial charge in [0.2, 0.25) is 11.9 Å². The van der Waals surface area contributed by atoms with Crippen molar-refractivity contribution < 1.29 is 9.18 Å². The number of nitrogens with zero attached hydrogens (tertiary/aromatic N) is 6. The van der Waals surface area contributed by atoms with Gasteiger partial charge in [-0.2, -0.15) is 10.2 Å². The number of benzene rings is 2. The van der Waals surface area contributed by atoms with Gasteiger partial charge in [0.05, 0.1) is 16.8 Å². The number of halogens is 1. The van der Waals surface area contributed by atoms with Crippen LogP contribution in [0.25, 0.3) is 16.7 Å². The van der Waals surface area contributed by atoms with E-state index in [0.717, 1.165) is 37.9 Å². The van der Waals surface area contributed by atoms with Gasteiger partial charge in [0.1, 0.15) is 17.6 Å². The number of hydrogen-bond donors (Lipinski definition) is 2. The average Bonchev–Trinajstić information content (AvgIpc) is 2.94. The van der Waals surface area contributed by atoms with Crippen LogP contribution < -0.4 is 21.0 Å². The molecule has 3 heterocycles. The summed E-state index contributed by atoms with van der Waals surface area (Å²) in [4.78, 5) is 37.6. The van der Waals surface area contributed by atoms with Crippen molar-refractivity contribution >= 4 is 40.0 Å². The van der Waals surface area contributed by atoms with E-state index < -0.39 is 17.2 Å². The molecule has 0 saturated carbocycles. The quantitative estimate of drug-likeness (QED) is 0.369. The van der Waals surface area contributed by atoms with Crippen LogP contribution in [-0.4, -0.2) is 58.6 Å². The fourth-order valence-corrected chi connectivity index (χ4v) is 4.40. The van der Waals surface area contributed by atoms with Gasteiger partial charge in [0.25, 0.3) is 0 Å². The van der Waals surface area contributed by atoms with Crippen LogP contribution in [0.1, 0.15) is 5.69 Å². The van der Waals surface area contributed by atoms with Crippen LogP contribution in [0.2, 0.25) is 0 Å². The monoisotopic (exact) mass is 524 g/mol. The number of pyridine rings is 1. The third-order valence-corrected chi connectivity index (χ3v) is 6.49. The van der Waals surface area contributed by atoms with E-state index >= 15 is 4.39 Å². The first-order chi connectivity index (χ1) is 18.9. The maximum Gasteiger partial charge on any atom is 0.247 e. The Balaban J connectivity index is 1.52. The van der Waals surface area contributed by atoms with Crippen molar-refractivity contribution in [2.75, 3.05) is 48.8 Å². The highest BCUT2D eigenvalue weighted by atomic mass is 19.1. The molecule has 0 atom stereocenters. The van der Waals surface area contributed by atoms with Crippen molar-refractivity contribution in [1.82, 2.24) is 19.4 Å². The summed E-state index contributed by atoms with van der Waals surface area (Å²) >= 11 is 0. The first-order valence-electron chi connectivity index (χ1n) is 12.2. The topological polar surface area (TPSA) is 119 Å². The Bertz CT molecular complexity index is 1690. The lowest BCUT2D eigenvalue weighted by Gasteiger charge is -2.34. The number of hydrogen-bond acceptors (Lipinski definition) is 8. The zero-order chi connectivity index (χ0) is 27.5. The Hall–Kier alpha value is -5.08. The number of rotatable bonds is 6. The van der Waals surface area contributed by atoms with Gasteiger partial charge in [0.15, 0.2) is 11.1 Å². The van der Waals surface area contributed by atoms with E-state index in [2.05, 4.69) is 44.0 Å². The Labute approximate surface area is 223 Å². The van der Waals surface area contributed by atoms with E-state index in [9.17, 15) is 14.9 Å². The van der Waals surface area contributed by atoms with Crippen LogP contribution in [0.3, 0.4) is 0 Å². The Morgan fingerprint density at radius 2 is 1.92 bits per heavy atom. The number of likely N-dealkylation sites (N-methyl/N-ethyl adjacent to an activating group) is 1. The lowest BCUT2D eigenvalue weighted by molar-refractivity contribution is -0.111. The summed E-state index contributed by atoms with van der Waals surface area (Å²) < 4.78 is 16.6. The third-order valence-electron chi connectivity index (χ3n) is 6.49. The van der Waals surface area contributed by atoms with E-state index in [1.807, 2.05) is 12.1 Å². The Morgan fingerprint density at radius 3 is 2.64 bits per heavy atom. The minimum Gasteiger partial charge on any atom is -0.369 e. The smallest absolute Gasteiger partial charge is 0.247 e. The van der Waals surface area contributed by atoms with E-state index in [1.165, 1.54) is 22.9 Å². The van der Waals surface area contributed by atoms with Crippen molar-refractivity contribution in [3.05, 3.63) is 89.1 Å². The average molecular weight is 525 g/mol. The number of amides is 1. The molecule has 2 aromatic carbocycles. The molecular weight excluding hydrogens is 499 g/mol. The molecule has 1 aliphatic rings. The van der Waals surface area contributed by atoms with E-state index in [1.54, 1.807) is 30.3 Å². The number of aromatic nitrogens is 3. The molecule has 0 radical (unpaired) electrons. The van der Waals surface area contributed by atoms with Gasteiger partial charge < -0.3 is 20.4 Å². The molecule has 1 fully saturated rings. The molecule has 0 spiro atoms. The maximum atomic E-state index is 15.1. The number of piperazine rings is 1. The number of carbonyl (C=O) groups is 1. The predicted octanol–water partition coefficient (Wildman–Crippen LogP) is 3.41. The minimum atomic E-state index is -0.469. The van der Waals surface area contributed by atoms with Crippen LogP contribution in [0.4, 0.5) is 27.4 Å². The van der Waals surface area contributed by atoms with Crippen molar-refractivity contribution in [3.8, 4) is 11.8 Å². The SMILES string of the molecule is C=CC(=O)Nc1cccc(-n2c(C#N)cc(=O)c3cnc(Nc4ccc(N5CCN(C)CC5)cc4F)nc32)c1. The van der Waals surface area contributed by atoms with E-state index in [4.69, 9.17) is 0 Å². The summed E-state index contributed by atoms with van der Waals surface area (Å²) in [5.74, 6) is -0.816. The molecule has 39 heavy (non-hydrogen) atoms. The van der Waals surface area contributed by atoms with Crippen LogP contribution in [0, 0.1) is 17.1 Å². The maximum absolute atomic E-state index is 15.1. The molecule has 2 aromatic heterocycles. The molecule has 1 saturated heterocycles. The van der Waals surface area contributed by atoms with Gasteiger partial charge in [-0.1, -0.05) is 12.6 Å². The number of nitrogens with one attached hydrogen (secondary N) is 2. The van der Waals surface area contributed by atoms with Gasteiger partial charge >= 0.3 is 0 Å². The number of nitriles is 1. The zero-order valence-electron chi connectivity index (χ0n) is 21.2. The molecule has 4 aromatic rings. The molecule has 196 valence electrons. The summed E-state index contributed by atoms with van der Waals surface area (Å²) in [5, 5.41) is 15.5. The molecule has 2 N–H and O–H groups in total. The highest BCUT2D eigenvalue weighted by molar-refractivity contribution is 5.99. The second-order valence-corrected chi connectivity index (χ2v) is 9.10. The van der Waals surface area contributed by atoms with Crippen molar-refractivity contribution in [2.45, 2.75) is 0 Å². The Kier molecular flexibility index (Phi) is 7.03. The lowest BCUT2D eigenvalue weighted by atomic mass is 10.2. The standard InChI is InChI=1S/C28H25FN8O2/c1-3-26(39)32-18-5-4-6-20(13-18)37-21(16-30)15-25(38)22-17-31-28(34-27(22)37)33-24-8-7-19(14-23(24)29)36-11-9-35(2)10-12-36/h3-8,13-15,17H,1,9-12H2,2H3,(H,32,39)(H,31,33,34). The van der Waals surface area contributed by atoms with Crippen LogP contribution in [-0.2, 0) is 4.79 Å². The molecule has 5 rings (SSSR count). The van der Waals surface area contributed by atoms with Gasteiger partial charge in [-0.15, -0.1) is 0 Å². The fourth-order valence-electron chi connectivity index (χ4n) is 4.40. The summed E-state index contributed by atoms with van der Waals surface area (Å²) in [6.07, 6.45) is 2.48. The van der Waals surface area contributed by atoms with Gasteiger partial charge in [-0.05, 0) is 49.5 Å². The number of fused-ring (bicyclic) bond motifs is 1. The van der Waals surface area contributed by atoms with E-state index in [-0.39, 0.29) is 28.4 Å². The van der Waals surface area contributed by atoms with Crippen molar-refractivity contribution in [2.24, 2.45) is 0 Å². The zero-order valence-corrected chi connectivity index (χ0v) is 21.2. The highest BCUT2D eigenvalue weighted by Gasteiger charge is 2.18. The molecule has 0 bridgehead atoms.